The van der Waals surface area contributed by atoms with Crippen LogP contribution in [0.1, 0.15) is 79.0 Å². The molecule has 52 heavy (non-hydrogen) atoms. The second-order valence-corrected chi connectivity index (χ2v) is 19.9. The average molecular weight is 869 g/mol. The number of anilines is 3. The molecule has 13 heteroatoms. The number of hydroxylamine groups is 3. The van der Waals surface area contributed by atoms with Crippen LogP contribution in [0, 0.1) is 56.5 Å². The first-order valence-corrected chi connectivity index (χ1v) is 18.9. The second-order valence-electron chi connectivity index (χ2n) is 16.5. The van der Waals surface area contributed by atoms with E-state index in [0.29, 0.717) is 36.7 Å². The summed E-state index contributed by atoms with van der Waals surface area (Å²) in [5.74, 6) is 0. The minimum Gasteiger partial charge on any atom is -0.758 e. The zero-order valence-electron chi connectivity index (χ0n) is 34.3. The van der Waals surface area contributed by atoms with Gasteiger partial charge in [0.05, 0.1) is 0 Å². The van der Waals surface area contributed by atoms with Crippen LogP contribution in [-0.4, -0.2) is 77.8 Å². The molecule has 287 valence electrons. The van der Waals surface area contributed by atoms with Gasteiger partial charge in [-0.05, 0) is 139 Å². The normalized spacial score (nSPS) is 12.5. The van der Waals surface area contributed by atoms with Crippen molar-refractivity contribution in [2.24, 2.45) is 0 Å². The van der Waals surface area contributed by atoms with Crippen molar-refractivity contribution in [2.45, 2.75) is 98.6 Å². The zero-order valence-corrected chi connectivity index (χ0v) is 38.4. The van der Waals surface area contributed by atoms with Gasteiger partial charge in [0, 0.05) is 53.3 Å². The zero-order chi connectivity index (χ0) is 39.1. The quantitative estimate of drug-likeness (QED) is 0.129. The van der Waals surface area contributed by atoms with Crippen molar-refractivity contribution in [1.82, 2.24) is 18.9 Å². The monoisotopic (exact) mass is 866 g/mol. The van der Waals surface area contributed by atoms with Gasteiger partial charge < -0.3 is 30.8 Å². The largest absolute Gasteiger partial charge is 3.00 e. The molecule has 0 atom stereocenters. The summed E-state index contributed by atoms with van der Waals surface area (Å²) in [5, 5.41) is 43.1. The van der Waals surface area contributed by atoms with Crippen LogP contribution >= 0.6 is 7.59 Å². The topological polar surface area (TPSA) is 109 Å². The number of para-hydroxylation sites is 3. The van der Waals surface area contributed by atoms with Gasteiger partial charge in [0.15, 0.2) is 0 Å². The van der Waals surface area contributed by atoms with E-state index in [-0.39, 0.29) is 40.8 Å². The summed E-state index contributed by atoms with van der Waals surface area (Å²) in [5.41, 5.74) is 2.67. The molecule has 3 aromatic carbocycles. The van der Waals surface area contributed by atoms with Gasteiger partial charge in [0.1, 0.15) is 0 Å². The van der Waals surface area contributed by atoms with Crippen molar-refractivity contribution in [3.05, 3.63) is 105 Å². The van der Waals surface area contributed by atoms with Gasteiger partial charge in [-0.2, -0.15) is 0 Å². The van der Waals surface area contributed by atoms with Gasteiger partial charge >= 0.3 is 40.8 Å². The van der Waals surface area contributed by atoms with E-state index in [4.69, 9.17) is 0 Å². The molecule has 11 nitrogen and oxygen atoms in total. The SMILES string of the molecule is CC(C)(C)N([O-])c1ccccc1CN(Cc1ccccc1N([O-])C(C)(C)C)Cc1ccccc1N([O-])C(C)(C)C.CN(C)P(=O)(N(C)C)N(C)C.[Nd+3]. The number of hydrogen-bond donors (Lipinski definition) is 0. The molecule has 3 aromatic rings. The average Bonchev–Trinajstić information content (AvgIpc) is 3.02. The Labute approximate surface area is 347 Å². The third-order valence-electron chi connectivity index (χ3n) is 8.20. The Morgan fingerprint density at radius 1 is 0.462 bits per heavy atom. The molecule has 0 aliphatic rings. The van der Waals surface area contributed by atoms with Crippen molar-refractivity contribution < 1.29 is 45.4 Å². The first-order chi connectivity index (χ1) is 23.3. The fourth-order valence-corrected chi connectivity index (χ4v) is 7.72. The van der Waals surface area contributed by atoms with Crippen LogP contribution in [0.15, 0.2) is 72.8 Å². The van der Waals surface area contributed by atoms with E-state index in [1.54, 1.807) is 14.0 Å². The third kappa shape index (κ3) is 13.0. The van der Waals surface area contributed by atoms with Crippen LogP contribution in [0.4, 0.5) is 17.1 Å². The van der Waals surface area contributed by atoms with Gasteiger partial charge in [-0.1, -0.05) is 54.6 Å². The molecule has 0 aromatic heterocycles. The molecule has 0 N–H and O–H groups in total. The Hall–Kier alpha value is -1.64. The number of benzene rings is 3. The molecule has 1 radical (unpaired) electrons. The maximum atomic E-state index is 13.3. The Bertz CT molecular complexity index is 1400. The summed E-state index contributed by atoms with van der Waals surface area (Å²) in [6.07, 6.45) is 0. The molecular formula is C39H63N7NdO4P. The molecule has 0 saturated heterocycles. The molecule has 0 amide bonds. The molecule has 0 fully saturated rings. The maximum absolute atomic E-state index is 13.3. The van der Waals surface area contributed by atoms with Gasteiger partial charge in [-0.25, -0.2) is 14.0 Å². The van der Waals surface area contributed by atoms with Crippen molar-refractivity contribution >= 4 is 24.7 Å². The summed E-state index contributed by atoms with van der Waals surface area (Å²) in [7, 11) is 8.49. The smallest absolute Gasteiger partial charge is 0.758 e. The first kappa shape index (κ1) is 48.4. The third-order valence-corrected chi connectivity index (χ3v) is 11.3. The number of rotatable bonds is 12. The Kier molecular flexibility index (Phi) is 18.4. The molecule has 0 aliphatic heterocycles. The fraction of sp³-hybridized carbons (Fsp3) is 0.538. The van der Waals surface area contributed by atoms with Crippen LogP contribution in [-0.2, 0) is 24.2 Å². The molecule has 0 aliphatic carbocycles. The van der Waals surface area contributed by atoms with Crippen LogP contribution in [0.3, 0.4) is 0 Å². The van der Waals surface area contributed by atoms with Crippen LogP contribution in [0.5, 0.6) is 0 Å². The van der Waals surface area contributed by atoms with Gasteiger partial charge in [-0.3, -0.25) is 9.46 Å². The van der Waals surface area contributed by atoms with E-state index in [1.807, 2.05) is 177 Å². The molecular weight excluding hydrogens is 806 g/mol. The van der Waals surface area contributed by atoms with Gasteiger partial charge in [0.25, 0.3) is 7.59 Å². The van der Waals surface area contributed by atoms with Crippen LogP contribution in [0.2, 0.25) is 0 Å². The second kappa shape index (κ2) is 19.8. The summed E-state index contributed by atoms with van der Waals surface area (Å²) >= 11 is 0. The van der Waals surface area contributed by atoms with E-state index in [9.17, 15) is 20.2 Å². The van der Waals surface area contributed by atoms with Crippen molar-refractivity contribution in [2.75, 3.05) is 57.5 Å². The molecule has 3 rings (SSSR count). The van der Waals surface area contributed by atoms with E-state index >= 15 is 0 Å². The molecule has 0 spiro atoms. The van der Waals surface area contributed by atoms with E-state index in [2.05, 4.69) is 4.90 Å². The van der Waals surface area contributed by atoms with Gasteiger partial charge in [-0.15, -0.1) is 0 Å². The minimum absolute atomic E-state index is 0. The summed E-state index contributed by atoms with van der Waals surface area (Å²) in [4.78, 5) is 2.19. The molecule has 0 unspecified atom stereocenters. The summed E-state index contributed by atoms with van der Waals surface area (Å²) in [6, 6.07) is 22.9. The van der Waals surface area contributed by atoms with E-state index < -0.39 is 24.2 Å². The Morgan fingerprint density at radius 3 is 0.846 bits per heavy atom. The first-order valence-electron chi connectivity index (χ1n) is 17.3. The maximum Gasteiger partial charge on any atom is 3.00 e. The minimum atomic E-state index is -2.44. The van der Waals surface area contributed by atoms with Gasteiger partial charge in [0.2, 0.25) is 0 Å². The van der Waals surface area contributed by atoms with Crippen molar-refractivity contribution in [3.8, 4) is 0 Å². The fourth-order valence-electron chi connectivity index (χ4n) is 5.58. The number of nitrogens with zero attached hydrogens (tertiary/aromatic N) is 7. The van der Waals surface area contributed by atoms with Crippen molar-refractivity contribution in [1.29, 1.82) is 0 Å². The van der Waals surface area contributed by atoms with E-state index in [1.165, 1.54) is 0 Å². The van der Waals surface area contributed by atoms with Crippen molar-refractivity contribution in [3.63, 3.8) is 0 Å². The molecule has 0 bridgehead atoms. The predicted octanol–water partition coefficient (Wildman–Crippen LogP) is 8.98. The Balaban J connectivity index is 0.000000973. The summed E-state index contributed by atoms with van der Waals surface area (Å²) < 4.78 is 17.3. The molecule has 0 heterocycles. The summed E-state index contributed by atoms with van der Waals surface area (Å²) in [6.45, 7) is 18.4. The Morgan fingerprint density at radius 2 is 0.673 bits per heavy atom. The standard InChI is InChI=1S/C33H45N4O3.C6H18N3OP.Nd/c1-31(2,3)35(38)28-19-13-10-16-25(28)22-34(23-26-17-11-14-20-29(26)36(39)32(4,5)6)24-27-18-12-15-21-30(27)37(40)33(7,8)9;1-7(2)11(10,8(3)4)9(5)6;/h10-21H,22-24H2,1-9H3;1-6H3;/q-3;;+3. The molecule has 0 saturated carbocycles. The van der Waals surface area contributed by atoms with Crippen LogP contribution < -0.4 is 15.2 Å². The predicted molar refractivity (Wildman–Crippen MR) is 218 cm³/mol. The van der Waals surface area contributed by atoms with E-state index in [0.717, 1.165) is 31.9 Å². The van der Waals surface area contributed by atoms with Crippen LogP contribution in [0.25, 0.3) is 0 Å². The number of hydrogen-bond acceptors (Lipinski definition) is 8.